The number of hydrogen-bond donors (Lipinski definition) is 1. The van der Waals surface area contributed by atoms with Crippen LogP contribution in [0.3, 0.4) is 0 Å². The Bertz CT molecular complexity index is 201. The van der Waals surface area contributed by atoms with Gasteiger partial charge in [-0.1, -0.05) is 13.8 Å². The molecular formula is C7H10F4O2. The van der Waals surface area contributed by atoms with Crippen molar-refractivity contribution in [2.24, 2.45) is 5.92 Å². The Hall–Kier alpha value is -0.810. The molecule has 0 saturated heterocycles. The van der Waals surface area contributed by atoms with E-state index in [0.717, 1.165) is 6.92 Å². The minimum Gasteiger partial charge on any atom is -0.479 e. The summed E-state index contributed by atoms with van der Waals surface area (Å²) >= 11 is 0. The Labute approximate surface area is 72.5 Å². The minimum atomic E-state index is -5.37. The second kappa shape index (κ2) is 3.51. The van der Waals surface area contributed by atoms with Crippen molar-refractivity contribution in [2.75, 3.05) is 0 Å². The Morgan fingerprint density at radius 1 is 1.38 bits per heavy atom. The summed E-state index contributed by atoms with van der Waals surface area (Å²) in [5.41, 5.74) is -4.14. The summed E-state index contributed by atoms with van der Waals surface area (Å²) in [6, 6.07) is 0. The first-order chi connectivity index (χ1) is 5.67. The van der Waals surface area contributed by atoms with Gasteiger partial charge in [-0.2, -0.15) is 13.2 Å². The zero-order valence-corrected chi connectivity index (χ0v) is 7.15. The van der Waals surface area contributed by atoms with Crippen molar-refractivity contribution in [3.63, 3.8) is 0 Å². The van der Waals surface area contributed by atoms with Gasteiger partial charge in [0.15, 0.2) is 0 Å². The summed E-state index contributed by atoms with van der Waals surface area (Å²) in [5, 5.41) is 8.17. The highest BCUT2D eigenvalue weighted by Crippen LogP contribution is 2.41. The first kappa shape index (κ1) is 12.2. The molecule has 0 aromatic heterocycles. The van der Waals surface area contributed by atoms with Gasteiger partial charge in [-0.15, -0.1) is 0 Å². The van der Waals surface area contributed by atoms with Gasteiger partial charge in [-0.3, -0.25) is 0 Å². The molecule has 78 valence electrons. The predicted octanol–water partition coefficient (Wildman–Crippen LogP) is 2.39. The number of carbonyl (C=O) groups is 1. The number of carboxylic acids is 1. The molecule has 0 aliphatic carbocycles. The topological polar surface area (TPSA) is 37.3 Å². The standard InChI is InChI=1S/C7H10F4O2/c1-3-4(2)6(8,5(12)13)7(9,10)11/h4H,3H2,1-2H3,(H,12,13). The Balaban J connectivity index is 5.08. The molecule has 0 saturated carbocycles. The molecule has 0 rings (SSSR count). The number of halogens is 4. The third-order valence-corrected chi connectivity index (χ3v) is 2.02. The fourth-order valence-corrected chi connectivity index (χ4v) is 0.893. The molecule has 1 N–H and O–H groups in total. The second-order valence-electron chi connectivity index (χ2n) is 2.82. The van der Waals surface area contributed by atoms with Crippen LogP contribution < -0.4 is 0 Å². The smallest absolute Gasteiger partial charge is 0.433 e. The van der Waals surface area contributed by atoms with Gasteiger partial charge in [0.25, 0.3) is 0 Å². The molecule has 0 aromatic rings. The van der Waals surface area contributed by atoms with Gasteiger partial charge < -0.3 is 5.11 Å². The van der Waals surface area contributed by atoms with E-state index >= 15 is 0 Å². The number of aliphatic carboxylic acids is 1. The SMILES string of the molecule is CCC(C)C(F)(C(=O)O)C(F)(F)F. The van der Waals surface area contributed by atoms with Gasteiger partial charge in [0.1, 0.15) is 0 Å². The van der Waals surface area contributed by atoms with E-state index < -0.39 is 23.7 Å². The highest BCUT2D eigenvalue weighted by molar-refractivity contribution is 5.78. The number of carboxylic acid groups (broad SMARTS) is 1. The number of rotatable bonds is 3. The summed E-state index contributed by atoms with van der Waals surface area (Å²) < 4.78 is 49.2. The van der Waals surface area contributed by atoms with Crippen molar-refractivity contribution < 1.29 is 27.5 Å². The lowest BCUT2D eigenvalue weighted by Gasteiger charge is -2.28. The van der Waals surface area contributed by atoms with Crippen LogP contribution in [0.5, 0.6) is 0 Å². The van der Waals surface area contributed by atoms with Gasteiger partial charge in [-0.05, 0) is 6.42 Å². The Morgan fingerprint density at radius 3 is 1.85 bits per heavy atom. The first-order valence-corrected chi connectivity index (χ1v) is 3.67. The lowest BCUT2D eigenvalue weighted by molar-refractivity contribution is -0.249. The highest BCUT2D eigenvalue weighted by atomic mass is 19.4. The molecule has 6 heteroatoms. The van der Waals surface area contributed by atoms with Crippen LogP contribution in [0.1, 0.15) is 20.3 Å². The summed E-state index contributed by atoms with van der Waals surface area (Å²) in [6.45, 7) is 2.22. The molecule has 13 heavy (non-hydrogen) atoms. The van der Waals surface area contributed by atoms with Crippen LogP contribution in [0, 0.1) is 5.92 Å². The maximum Gasteiger partial charge on any atom is 0.433 e. The molecule has 0 aliphatic rings. The zero-order valence-electron chi connectivity index (χ0n) is 7.15. The minimum absolute atomic E-state index is 0.192. The summed E-state index contributed by atoms with van der Waals surface area (Å²) in [7, 11) is 0. The fraction of sp³-hybridized carbons (Fsp3) is 0.857. The van der Waals surface area contributed by atoms with Crippen molar-refractivity contribution in [2.45, 2.75) is 32.1 Å². The molecule has 0 bridgehead atoms. The van der Waals surface area contributed by atoms with Gasteiger partial charge in [0, 0.05) is 5.92 Å². The van der Waals surface area contributed by atoms with E-state index in [9.17, 15) is 22.4 Å². The molecule has 0 aliphatic heterocycles. The van der Waals surface area contributed by atoms with Gasteiger partial charge >= 0.3 is 17.8 Å². The average molecular weight is 202 g/mol. The molecule has 0 amide bonds. The van der Waals surface area contributed by atoms with Crippen molar-refractivity contribution in [1.29, 1.82) is 0 Å². The predicted molar refractivity (Wildman–Crippen MR) is 37.0 cm³/mol. The van der Waals surface area contributed by atoms with Gasteiger partial charge in [0.2, 0.25) is 0 Å². The highest BCUT2D eigenvalue weighted by Gasteiger charge is 2.64. The molecule has 2 unspecified atom stereocenters. The van der Waals surface area contributed by atoms with Crippen LogP contribution in [-0.2, 0) is 4.79 Å². The van der Waals surface area contributed by atoms with E-state index in [0.29, 0.717) is 0 Å². The van der Waals surface area contributed by atoms with E-state index in [4.69, 9.17) is 5.11 Å². The van der Waals surface area contributed by atoms with Gasteiger partial charge in [0.05, 0.1) is 0 Å². The lowest BCUT2D eigenvalue weighted by Crippen LogP contribution is -2.52. The second-order valence-corrected chi connectivity index (χ2v) is 2.82. The van der Waals surface area contributed by atoms with Crippen molar-refractivity contribution in [3.05, 3.63) is 0 Å². The largest absolute Gasteiger partial charge is 0.479 e. The van der Waals surface area contributed by atoms with E-state index in [1.165, 1.54) is 6.92 Å². The molecule has 2 nitrogen and oxygen atoms in total. The lowest BCUT2D eigenvalue weighted by atomic mass is 9.88. The van der Waals surface area contributed by atoms with E-state index in [-0.39, 0.29) is 6.42 Å². The first-order valence-electron chi connectivity index (χ1n) is 3.67. The number of hydrogen-bond acceptors (Lipinski definition) is 1. The monoisotopic (exact) mass is 202 g/mol. The third kappa shape index (κ3) is 1.92. The number of alkyl halides is 4. The Kier molecular flexibility index (Phi) is 3.29. The maximum absolute atomic E-state index is 13.1. The summed E-state index contributed by atoms with van der Waals surface area (Å²) in [4.78, 5) is 10.2. The fourth-order valence-electron chi connectivity index (χ4n) is 0.893. The molecule has 0 spiro atoms. The quantitative estimate of drug-likeness (QED) is 0.713. The molecule has 0 aromatic carbocycles. The average Bonchev–Trinajstić information content (AvgIpc) is 1.98. The van der Waals surface area contributed by atoms with Crippen LogP contribution in [-0.4, -0.2) is 22.9 Å². The molecule has 0 radical (unpaired) electrons. The van der Waals surface area contributed by atoms with Crippen molar-refractivity contribution in [3.8, 4) is 0 Å². The van der Waals surface area contributed by atoms with Crippen molar-refractivity contribution >= 4 is 5.97 Å². The molecule has 0 heterocycles. The van der Waals surface area contributed by atoms with E-state index in [1.54, 1.807) is 0 Å². The normalized spacial score (nSPS) is 19.2. The third-order valence-electron chi connectivity index (χ3n) is 2.02. The van der Waals surface area contributed by atoms with Crippen LogP contribution in [0.2, 0.25) is 0 Å². The maximum atomic E-state index is 13.1. The van der Waals surface area contributed by atoms with E-state index in [1.807, 2.05) is 0 Å². The van der Waals surface area contributed by atoms with Crippen LogP contribution >= 0.6 is 0 Å². The van der Waals surface area contributed by atoms with Gasteiger partial charge in [-0.25, -0.2) is 9.18 Å². The van der Waals surface area contributed by atoms with Crippen LogP contribution in [0.4, 0.5) is 17.6 Å². The molecule has 0 fully saturated rings. The Morgan fingerprint density at radius 2 is 1.77 bits per heavy atom. The molecular weight excluding hydrogens is 192 g/mol. The van der Waals surface area contributed by atoms with E-state index in [2.05, 4.69) is 0 Å². The van der Waals surface area contributed by atoms with Crippen LogP contribution in [0.15, 0.2) is 0 Å². The summed E-state index contributed by atoms with van der Waals surface area (Å²) in [6.07, 6.45) is -5.56. The molecule has 2 atom stereocenters. The zero-order chi connectivity index (χ0) is 10.9. The van der Waals surface area contributed by atoms with Crippen molar-refractivity contribution in [1.82, 2.24) is 0 Å². The van der Waals surface area contributed by atoms with Crippen LogP contribution in [0.25, 0.3) is 0 Å². The summed E-state index contributed by atoms with van der Waals surface area (Å²) in [5.74, 6) is -4.07.